The maximum Gasteiger partial charge on any atom is 0.179 e. The number of nitrogens with two attached hydrogens (primary N) is 1. The van der Waals surface area contributed by atoms with Gasteiger partial charge in [-0.3, -0.25) is 0 Å². The average molecular weight is 255 g/mol. The van der Waals surface area contributed by atoms with Gasteiger partial charge >= 0.3 is 0 Å². The highest BCUT2D eigenvalue weighted by atomic mass is 32.2. The summed E-state index contributed by atoms with van der Waals surface area (Å²) in [7, 11) is -3.24. The van der Waals surface area contributed by atoms with E-state index in [1.54, 1.807) is 24.3 Å². The van der Waals surface area contributed by atoms with Crippen LogP contribution in [0, 0.1) is 0 Å². The Morgan fingerprint density at radius 1 is 1.29 bits per heavy atom. The highest BCUT2D eigenvalue weighted by Gasteiger charge is 2.25. The molecule has 5 heteroatoms. The minimum Gasteiger partial charge on any atom is -0.489 e. The van der Waals surface area contributed by atoms with Gasteiger partial charge in [-0.1, -0.05) is 12.1 Å². The third-order valence-corrected chi connectivity index (χ3v) is 4.10. The molecule has 0 aliphatic heterocycles. The first-order valence-electron chi connectivity index (χ1n) is 5.68. The Balaban J connectivity index is 2.21. The molecule has 17 heavy (non-hydrogen) atoms. The number of sulfone groups is 1. The van der Waals surface area contributed by atoms with Gasteiger partial charge in [-0.15, -0.1) is 0 Å². The molecule has 94 valence electrons. The Morgan fingerprint density at radius 2 is 2.00 bits per heavy atom. The van der Waals surface area contributed by atoms with Gasteiger partial charge < -0.3 is 10.5 Å². The fourth-order valence-electron chi connectivity index (χ4n) is 2.11. The van der Waals surface area contributed by atoms with Crippen LogP contribution in [0.1, 0.15) is 19.3 Å². The lowest BCUT2D eigenvalue weighted by Gasteiger charge is -2.15. The summed E-state index contributed by atoms with van der Waals surface area (Å²) >= 11 is 0. The molecule has 0 spiro atoms. The van der Waals surface area contributed by atoms with Crippen LogP contribution in [0.5, 0.6) is 5.75 Å². The molecule has 0 saturated heterocycles. The van der Waals surface area contributed by atoms with E-state index < -0.39 is 9.84 Å². The van der Waals surface area contributed by atoms with Crippen LogP contribution >= 0.6 is 0 Å². The molecule has 1 saturated carbocycles. The summed E-state index contributed by atoms with van der Waals surface area (Å²) in [5.74, 6) is 0.439. The van der Waals surface area contributed by atoms with Crippen molar-refractivity contribution in [3.05, 3.63) is 24.3 Å². The minimum atomic E-state index is -3.24. The normalized spacial score (nSPS) is 24.8. The lowest BCUT2D eigenvalue weighted by molar-refractivity contribution is 0.203. The van der Waals surface area contributed by atoms with Crippen molar-refractivity contribution < 1.29 is 13.2 Å². The lowest BCUT2D eigenvalue weighted by Crippen LogP contribution is -2.19. The third-order valence-electron chi connectivity index (χ3n) is 2.97. The zero-order valence-corrected chi connectivity index (χ0v) is 10.6. The van der Waals surface area contributed by atoms with E-state index in [0.717, 1.165) is 19.3 Å². The Kier molecular flexibility index (Phi) is 3.40. The van der Waals surface area contributed by atoms with E-state index in [2.05, 4.69) is 0 Å². The van der Waals surface area contributed by atoms with Crippen molar-refractivity contribution in [1.29, 1.82) is 0 Å². The van der Waals surface area contributed by atoms with Crippen LogP contribution in [0.15, 0.2) is 29.2 Å². The summed E-state index contributed by atoms with van der Waals surface area (Å²) < 4.78 is 28.9. The SMILES string of the molecule is CS(=O)(=O)c1ccccc1OC1CCC(N)C1. The smallest absolute Gasteiger partial charge is 0.179 e. The fraction of sp³-hybridized carbons (Fsp3) is 0.500. The van der Waals surface area contributed by atoms with Gasteiger partial charge in [0.25, 0.3) is 0 Å². The average Bonchev–Trinajstić information content (AvgIpc) is 2.63. The first-order valence-corrected chi connectivity index (χ1v) is 7.57. The molecule has 1 aromatic carbocycles. The molecule has 0 amide bonds. The van der Waals surface area contributed by atoms with Crippen LogP contribution in [0.25, 0.3) is 0 Å². The van der Waals surface area contributed by atoms with Gasteiger partial charge in [0.1, 0.15) is 16.7 Å². The second kappa shape index (κ2) is 4.66. The molecule has 2 unspecified atom stereocenters. The third kappa shape index (κ3) is 2.98. The Labute approximate surface area is 102 Å². The Morgan fingerprint density at radius 3 is 2.59 bits per heavy atom. The molecular formula is C12H17NO3S. The second-order valence-corrected chi connectivity index (χ2v) is 6.52. The lowest BCUT2D eigenvalue weighted by atomic mass is 10.3. The van der Waals surface area contributed by atoms with Crippen molar-refractivity contribution in [3.63, 3.8) is 0 Å². The molecule has 4 nitrogen and oxygen atoms in total. The van der Waals surface area contributed by atoms with E-state index in [4.69, 9.17) is 10.5 Å². The van der Waals surface area contributed by atoms with Crippen molar-refractivity contribution in [3.8, 4) is 5.75 Å². The van der Waals surface area contributed by atoms with Crippen LogP contribution in [0.2, 0.25) is 0 Å². The molecule has 0 radical (unpaired) electrons. The van der Waals surface area contributed by atoms with E-state index in [9.17, 15) is 8.42 Å². The Bertz CT molecular complexity index is 498. The van der Waals surface area contributed by atoms with E-state index in [-0.39, 0.29) is 17.0 Å². The molecule has 0 heterocycles. The van der Waals surface area contributed by atoms with Gasteiger partial charge in [0.05, 0.1) is 0 Å². The number of benzene rings is 1. The van der Waals surface area contributed by atoms with E-state index in [1.807, 2.05) is 0 Å². The molecule has 1 aliphatic rings. The van der Waals surface area contributed by atoms with E-state index in [1.165, 1.54) is 6.26 Å². The van der Waals surface area contributed by atoms with Crippen molar-refractivity contribution in [2.75, 3.05) is 6.26 Å². The van der Waals surface area contributed by atoms with Crippen molar-refractivity contribution in [2.24, 2.45) is 5.73 Å². The van der Waals surface area contributed by atoms with Crippen LogP contribution in [-0.2, 0) is 9.84 Å². The first kappa shape index (κ1) is 12.4. The fourth-order valence-corrected chi connectivity index (χ4v) is 2.92. The monoisotopic (exact) mass is 255 g/mol. The summed E-state index contributed by atoms with van der Waals surface area (Å²) in [6, 6.07) is 6.91. The molecule has 1 fully saturated rings. The van der Waals surface area contributed by atoms with Gasteiger partial charge in [-0.2, -0.15) is 0 Å². The van der Waals surface area contributed by atoms with Gasteiger partial charge in [0.15, 0.2) is 9.84 Å². The Hall–Kier alpha value is -1.07. The van der Waals surface area contributed by atoms with Gasteiger partial charge in [0.2, 0.25) is 0 Å². The number of rotatable bonds is 3. The van der Waals surface area contributed by atoms with Gasteiger partial charge in [-0.05, 0) is 31.4 Å². The topological polar surface area (TPSA) is 69.4 Å². The van der Waals surface area contributed by atoms with Gasteiger partial charge in [0, 0.05) is 12.3 Å². The summed E-state index contributed by atoms with van der Waals surface area (Å²) in [4.78, 5) is 0.250. The molecule has 2 N–H and O–H groups in total. The predicted octanol–water partition coefficient (Wildman–Crippen LogP) is 1.35. The molecule has 0 aromatic heterocycles. The van der Waals surface area contributed by atoms with Crippen molar-refractivity contribution in [1.82, 2.24) is 0 Å². The quantitative estimate of drug-likeness (QED) is 0.885. The standard InChI is InChI=1S/C12H17NO3S/c1-17(14,15)12-5-3-2-4-11(12)16-10-7-6-9(13)8-10/h2-5,9-10H,6-8,13H2,1H3. The highest BCUT2D eigenvalue weighted by Crippen LogP contribution is 2.28. The van der Waals surface area contributed by atoms with Crippen molar-refractivity contribution in [2.45, 2.75) is 36.3 Å². The second-order valence-electron chi connectivity index (χ2n) is 4.53. The van der Waals surface area contributed by atoms with Gasteiger partial charge in [-0.25, -0.2) is 8.42 Å². The maximum atomic E-state index is 11.6. The van der Waals surface area contributed by atoms with Crippen LogP contribution in [-0.4, -0.2) is 26.8 Å². The first-order chi connectivity index (χ1) is 7.97. The molecule has 1 aromatic rings. The summed E-state index contributed by atoms with van der Waals surface area (Å²) in [5, 5.41) is 0. The van der Waals surface area contributed by atoms with E-state index >= 15 is 0 Å². The van der Waals surface area contributed by atoms with E-state index in [0.29, 0.717) is 5.75 Å². The zero-order chi connectivity index (χ0) is 12.5. The van der Waals surface area contributed by atoms with Crippen LogP contribution in [0.3, 0.4) is 0 Å². The molecule has 0 bridgehead atoms. The number of hydrogen-bond donors (Lipinski definition) is 1. The number of para-hydroxylation sites is 1. The summed E-state index contributed by atoms with van der Waals surface area (Å²) in [6.45, 7) is 0. The number of hydrogen-bond acceptors (Lipinski definition) is 4. The minimum absolute atomic E-state index is 0.0351. The molecule has 2 rings (SSSR count). The highest BCUT2D eigenvalue weighted by molar-refractivity contribution is 7.90. The predicted molar refractivity (Wildman–Crippen MR) is 65.8 cm³/mol. The summed E-state index contributed by atoms with van der Waals surface area (Å²) in [6.07, 6.45) is 3.84. The molecular weight excluding hydrogens is 238 g/mol. The van der Waals surface area contributed by atoms with Crippen LogP contribution in [0.4, 0.5) is 0 Å². The van der Waals surface area contributed by atoms with Crippen LogP contribution < -0.4 is 10.5 Å². The van der Waals surface area contributed by atoms with Crippen molar-refractivity contribution >= 4 is 9.84 Å². The molecule has 1 aliphatic carbocycles. The summed E-state index contributed by atoms with van der Waals surface area (Å²) in [5.41, 5.74) is 5.80. The molecule has 2 atom stereocenters. The maximum absolute atomic E-state index is 11.6. The number of ether oxygens (including phenoxy) is 1. The largest absolute Gasteiger partial charge is 0.489 e. The zero-order valence-electron chi connectivity index (χ0n) is 9.80.